The van der Waals surface area contributed by atoms with E-state index in [2.05, 4.69) is 22.4 Å². The molecule has 1 atom stereocenters. The topological polar surface area (TPSA) is 60.9 Å². The highest BCUT2D eigenvalue weighted by molar-refractivity contribution is 7.10. The Morgan fingerprint density at radius 2 is 1.82 bits per heavy atom. The van der Waals surface area contributed by atoms with Gasteiger partial charge in [-0.15, -0.1) is 22.7 Å². The van der Waals surface area contributed by atoms with Gasteiger partial charge < -0.3 is 0 Å². The molecule has 2 aromatic rings. The fraction of sp³-hybridized carbons (Fsp3) is 0.450. The number of urea groups is 1. The highest BCUT2D eigenvalue weighted by Gasteiger charge is 2.49. The van der Waals surface area contributed by atoms with Gasteiger partial charge in [0.2, 0.25) is 0 Å². The van der Waals surface area contributed by atoms with Crippen molar-refractivity contribution in [3.8, 4) is 0 Å². The van der Waals surface area contributed by atoms with Gasteiger partial charge in [0.1, 0.15) is 0 Å². The van der Waals surface area contributed by atoms with Crippen molar-refractivity contribution in [3.05, 3.63) is 44.3 Å². The van der Waals surface area contributed by atoms with Crippen molar-refractivity contribution in [2.75, 3.05) is 13.2 Å². The third kappa shape index (κ3) is 2.82. The van der Waals surface area contributed by atoms with E-state index in [-0.39, 0.29) is 18.8 Å². The molecule has 0 N–H and O–H groups in total. The SMILES string of the molecule is O=C1C(=O)N(C2CCCC2)C(=O)N1CN1CCc2sccc2[C@H]1c1cccs1. The van der Waals surface area contributed by atoms with E-state index in [9.17, 15) is 14.4 Å². The van der Waals surface area contributed by atoms with Crippen LogP contribution in [0.3, 0.4) is 0 Å². The molecule has 2 fully saturated rings. The van der Waals surface area contributed by atoms with Crippen LogP contribution in [0.1, 0.15) is 47.0 Å². The van der Waals surface area contributed by atoms with E-state index in [4.69, 9.17) is 0 Å². The summed E-state index contributed by atoms with van der Waals surface area (Å²) < 4.78 is 0. The van der Waals surface area contributed by atoms with Crippen LogP contribution in [0.25, 0.3) is 0 Å². The van der Waals surface area contributed by atoms with Crippen molar-refractivity contribution in [1.82, 2.24) is 14.7 Å². The fourth-order valence-electron chi connectivity index (χ4n) is 4.61. The largest absolute Gasteiger partial charge is 0.335 e. The normalized spacial score (nSPS) is 23.9. The molecule has 0 aromatic carbocycles. The predicted molar refractivity (Wildman–Crippen MR) is 107 cm³/mol. The minimum absolute atomic E-state index is 0.0197. The molecule has 4 heterocycles. The quantitative estimate of drug-likeness (QED) is 0.567. The monoisotopic (exact) mass is 415 g/mol. The van der Waals surface area contributed by atoms with Crippen molar-refractivity contribution in [2.24, 2.45) is 0 Å². The van der Waals surface area contributed by atoms with Gasteiger partial charge in [0, 0.05) is 22.3 Å². The van der Waals surface area contributed by atoms with Crippen molar-refractivity contribution in [3.63, 3.8) is 0 Å². The number of imide groups is 2. The first-order chi connectivity index (χ1) is 13.6. The summed E-state index contributed by atoms with van der Waals surface area (Å²) >= 11 is 3.44. The molecule has 2 aromatic heterocycles. The number of rotatable bonds is 4. The number of thiophene rings is 2. The van der Waals surface area contributed by atoms with Gasteiger partial charge >= 0.3 is 17.8 Å². The molecule has 28 heavy (non-hydrogen) atoms. The van der Waals surface area contributed by atoms with Crippen LogP contribution in [0.2, 0.25) is 0 Å². The summed E-state index contributed by atoms with van der Waals surface area (Å²) in [4.78, 5) is 45.2. The molecule has 146 valence electrons. The first-order valence-corrected chi connectivity index (χ1v) is 11.4. The van der Waals surface area contributed by atoms with E-state index < -0.39 is 17.8 Å². The molecule has 0 radical (unpaired) electrons. The summed E-state index contributed by atoms with van der Waals surface area (Å²) in [5, 5.41) is 4.15. The van der Waals surface area contributed by atoms with E-state index >= 15 is 0 Å². The highest BCUT2D eigenvalue weighted by atomic mass is 32.1. The van der Waals surface area contributed by atoms with Crippen LogP contribution in [-0.2, 0) is 16.0 Å². The van der Waals surface area contributed by atoms with E-state index in [1.54, 1.807) is 22.7 Å². The lowest BCUT2D eigenvalue weighted by molar-refractivity contribution is -0.144. The zero-order chi connectivity index (χ0) is 19.3. The third-order valence-corrected chi connectivity index (χ3v) is 7.90. The molecule has 0 spiro atoms. The number of hydrogen-bond donors (Lipinski definition) is 0. The van der Waals surface area contributed by atoms with Crippen LogP contribution >= 0.6 is 22.7 Å². The van der Waals surface area contributed by atoms with Gasteiger partial charge in [-0.25, -0.2) is 9.69 Å². The summed E-state index contributed by atoms with van der Waals surface area (Å²) in [5.74, 6) is -1.34. The molecule has 5 rings (SSSR count). The van der Waals surface area contributed by atoms with E-state index in [0.29, 0.717) is 0 Å². The van der Waals surface area contributed by atoms with Crippen molar-refractivity contribution in [2.45, 2.75) is 44.2 Å². The van der Waals surface area contributed by atoms with Crippen LogP contribution in [-0.4, -0.2) is 51.8 Å². The molecule has 6 nitrogen and oxygen atoms in total. The number of carbonyl (C=O) groups excluding carboxylic acids is 3. The Bertz CT molecular complexity index is 917. The number of fused-ring (bicyclic) bond motifs is 1. The van der Waals surface area contributed by atoms with Crippen molar-refractivity contribution < 1.29 is 14.4 Å². The number of amides is 4. The maximum absolute atomic E-state index is 13.0. The van der Waals surface area contributed by atoms with Gasteiger partial charge in [-0.05, 0) is 47.7 Å². The Morgan fingerprint density at radius 1 is 1.00 bits per heavy atom. The zero-order valence-electron chi connectivity index (χ0n) is 15.4. The second kappa shape index (κ2) is 7.09. The van der Waals surface area contributed by atoms with Gasteiger partial charge in [0.25, 0.3) is 0 Å². The van der Waals surface area contributed by atoms with Crippen molar-refractivity contribution in [1.29, 1.82) is 0 Å². The smallest absolute Gasteiger partial charge is 0.273 e. The van der Waals surface area contributed by atoms with Gasteiger partial charge in [0.05, 0.1) is 12.7 Å². The first-order valence-electron chi connectivity index (χ1n) is 9.68. The van der Waals surface area contributed by atoms with Crippen LogP contribution in [0.4, 0.5) is 4.79 Å². The minimum Gasteiger partial charge on any atom is -0.273 e. The molecule has 2 aliphatic heterocycles. The lowest BCUT2D eigenvalue weighted by atomic mass is 9.99. The third-order valence-electron chi connectivity index (χ3n) is 5.98. The molecule has 1 saturated carbocycles. The van der Waals surface area contributed by atoms with E-state index in [0.717, 1.165) is 43.5 Å². The van der Waals surface area contributed by atoms with Crippen LogP contribution in [0.5, 0.6) is 0 Å². The Balaban J connectivity index is 1.42. The lowest BCUT2D eigenvalue weighted by Gasteiger charge is -2.37. The van der Waals surface area contributed by atoms with Crippen LogP contribution < -0.4 is 0 Å². The lowest BCUT2D eigenvalue weighted by Crippen LogP contribution is -2.46. The molecule has 1 saturated heterocycles. The fourth-order valence-corrected chi connectivity index (χ4v) is 6.39. The van der Waals surface area contributed by atoms with E-state index in [1.165, 1.54) is 20.2 Å². The van der Waals surface area contributed by atoms with Gasteiger partial charge in [-0.1, -0.05) is 18.9 Å². The number of nitrogens with zero attached hydrogens (tertiary/aromatic N) is 3. The maximum atomic E-state index is 13.0. The molecular formula is C20H21N3O3S2. The van der Waals surface area contributed by atoms with Crippen molar-refractivity contribution >= 4 is 40.5 Å². The summed E-state index contributed by atoms with van der Waals surface area (Å²) in [6.07, 6.45) is 4.51. The zero-order valence-corrected chi connectivity index (χ0v) is 17.0. The van der Waals surface area contributed by atoms with Gasteiger partial charge in [-0.3, -0.25) is 19.4 Å². The minimum atomic E-state index is -0.682. The Morgan fingerprint density at radius 3 is 2.57 bits per heavy atom. The highest BCUT2D eigenvalue weighted by Crippen LogP contribution is 2.40. The maximum Gasteiger partial charge on any atom is 0.335 e. The molecule has 3 aliphatic rings. The summed E-state index contributed by atoms with van der Waals surface area (Å²) in [5.41, 5.74) is 1.25. The average Bonchev–Trinajstić information content (AvgIpc) is 3.48. The summed E-state index contributed by atoms with van der Waals surface area (Å²) in [6.45, 7) is 0.912. The predicted octanol–water partition coefficient (Wildman–Crippen LogP) is 3.45. The average molecular weight is 416 g/mol. The van der Waals surface area contributed by atoms with Crippen LogP contribution in [0, 0.1) is 0 Å². The number of hydrogen-bond acceptors (Lipinski definition) is 6. The van der Waals surface area contributed by atoms with Gasteiger partial charge in [0.15, 0.2) is 0 Å². The standard InChI is InChI=1S/C20H21N3O3S2/c24-18-19(25)23(13-4-1-2-5-13)20(26)22(18)12-21-9-7-15-14(8-11-28-15)17(21)16-6-3-10-27-16/h3,6,8,10-11,13,17H,1-2,4-5,7,9,12H2/t17-/m0/s1. The summed E-state index contributed by atoms with van der Waals surface area (Å²) in [7, 11) is 0. The number of carbonyl (C=O) groups is 3. The van der Waals surface area contributed by atoms with E-state index in [1.807, 2.05) is 11.4 Å². The molecule has 8 heteroatoms. The first kappa shape index (κ1) is 18.0. The second-order valence-electron chi connectivity index (χ2n) is 7.55. The Labute approximate surface area is 171 Å². The second-order valence-corrected chi connectivity index (χ2v) is 9.53. The molecule has 4 amide bonds. The molecular weight excluding hydrogens is 394 g/mol. The summed E-state index contributed by atoms with van der Waals surface area (Å²) in [6, 6.07) is 5.72. The molecule has 1 aliphatic carbocycles. The Kier molecular flexibility index (Phi) is 4.57. The molecule has 0 unspecified atom stereocenters. The van der Waals surface area contributed by atoms with Gasteiger partial charge in [-0.2, -0.15) is 0 Å². The Hall–Kier alpha value is -2.03. The molecule has 0 bridgehead atoms. The van der Waals surface area contributed by atoms with Crippen LogP contribution in [0.15, 0.2) is 29.0 Å².